The number of aromatic nitrogens is 3. The van der Waals surface area contributed by atoms with Crippen LogP contribution in [0.15, 0.2) is 73.2 Å². The number of rotatable bonds is 4. The molecule has 0 atom stereocenters. The molecule has 5 rings (SSSR count). The molecule has 0 saturated carbocycles. The average molecular weight is 496 g/mol. The standard InChI is InChI=1S/C25H20ClF2N5O2/c26-20-15-17(27)7-8-18(20)24(34)31-11-13-32(14-12-31)25(35)19-16-29-33(22-6-2-1-5-21(22)28)23(19)30-9-3-4-10-30/h1-10,15-16H,11-14H2. The van der Waals surface area contributed by atoms with Gasteiger partial charge in [-0.2, -0.15) is 5.10 Å². The number of amides is 2. The average Bonchev–Trinajstić information content (AvgIpc) is 3.54. The Labute approximate surface area is 204 Å². The normalized spacial score (nSPS) is 13.8. The minimum absolute atomic E-state index is 0.0467. The van der Waals surface area contributed by atoms with Crippen LogP contribution in [0.2, 0.25) is 5.02 Å². The second kappa shape index (κ2) is 9.34. The fourth-order valence-electron chi connectivity index (χ4n) is 4.13. The summed E-state index contributed by atoms with van der Waals surface area (Å²) in [5.74, 6) is -1.15. The lowest BCUT2D eigenvalue weighted by Crippen LogP contribution is -2.50. The van der Waals surface area contributed by atoms with Gasteiger partial charge in [0.2, 0.25) is 0 Å². The zero-order chi connectivity index (χ0) is 24.5. The first-order chi connectivity index (χ1) is 16.9. The third kappa shape index (κ3) is 4.30. The van der Waals surface area contributed by atoms with Gasteiger partial charge in [-0.15, -0.1) is 0 Å². The molecule has 1 aliphatic heterocycles. The second-order valence-corrected chi connectivity index (χ2v) is 8.45. The summed E-state index contributed by atoms with van der Waals surface area (Å²) < 4.78 is 31.0. The summed E-state index contributed by atoms with van der Waals surface area (Å²) in [5, 5.41) is 4.36. The molecule has 178 valence electrons. The van der Waals surface area contributed by atoms with E-state index in [9.17, 15) is 18.4 Å². The van der Waals surface area contributed by atoms with Crippen molar-refractivity contribution in [1.29, 1.82) is 0 Å². The van der Waals surface area contributed by atoms with E-state index < -0.39 is 11.6 Å². The van der Waals surface area contributed by atoms with Crippen molar-refractivity contribution in [3.05, 3.63) is 101 Å². The van der Waals surface area contributed by atoms with E-state index in [1.165, 1.54) is 29.1 Å². The van der Waals surface area contributed by atoms with Crippen LogP contribution in [0, 0.1) is 11.6 Å². The molecule has 2 aromatic carbocycles. The molecule has 0 bridgehead atoms. The maximum Gasteiger partial charge on any atom is 0.259 e. The van der Waals surface area contributed by atoms with Gasteiger partial charge in [-0.3, -0.25) is 9.59 Å². The van der Waals surface area contributed by atoms with Crippen LogP contribution < -0.4 is 0 Å². The van der Waals surface area contributed by atoms with Crippen LogP contribution in [0.5, 0.6) is 0 Å². The lowest BCUT2D eigenvalue weighted by Gasteiger charge is -2.35. The Balaban J connectivity index is 1.38. The molecule has 0 N–H and O–H groups in total. The van der Waals surface area contributed by atoms with E-state index in [2.05, 4.69) is 5.10 Å². The lowest BCUT2D eigenvalue weighted by atomic mass is 10.1. The van der Waals surface area contributed by atoms with Gasteiger partial charge < -0.3 is 14.4 Å². The molecule has 1 saturated heterocycles. The predicted molar refractivity (Wildman–Crippen MR) is 126 cm³/mol. The second-order valence-electron chi connectivity index (χ2n) is 8.04. The highest BCUT2D eigenvalue weighted by atomic mass is 35.5. The number of hydrogen-bond donors (Lipinski definition) is 0. The van der Waals surface area contributed by atoms with Gasteiger partial charge in [-0.25, -0.2) is 13.5 Å². The van der Waals surface area contributed by atoms with Gasteiger partial charge >= 0.3 is 0 Å². The first kappa shape index (κ1) is 22.8. The molecule has 3 heterocycles. The van der Waals surface area contributed by atoms with Gasteiger partial charge in [0, 0.05) is 38.6 Å². The van der Waals surface area contributed by atoms with Crippen molar-refractivity contribution in [3.8, 4) is 11.5 Å². The number of piperazine rings is 1. The zero-order valence-corrected chi connectivity index (χ0v) is 19.2. The molecule has 2 aromatic heterocycles. The first-order valence-electron chi connectivity index (χ1n) is 10.9. The Morgan fingerprint density at radius 3 is 2.09 bits per heavy atom. The number of nitrogens with zero attached hydrogens (tertiary/aromatic N) is 5. The number of carbonyl (C=O) groups is 2. The van der Waals surface area contributed by atoms with Crippen LogP contribution in [0.3, 0.4) is 0 Å². The summed E-state index contributed by atoms with van der Waals surface area (Å²) in [7, 11) is 0. The predicted octanol–water partition coefficient (Wildman–Crippen LogP) is 4.19. The maximum atomic E-state index is 14.5. The summed E-state index contributed by atoms with van der Waals surface area (Å²) >= 11 is 6.04. The Bertz CT molecular complexity index is 1390. The van der Waals surface area contributed by atoms with E-state index in [1.807, 2.05) is 0 Å². The molecule has 0 aliphatic carbocycles. The van der Waals surface area contributed by atoms with Crippen molar-refractivity contribution in [1.82, 2.24) is 24.1 Å². The number of benzene rings is 2. The highest BCUT2D eigenvalue weighted by Gasteiger charge is 2.30. The topological polar surface area (TPSA) is 63.4 Å². The van der Waals surface area contributed by atoms with Crippen LogP contribution in [0.4, 0.5) is 8.78 Å². The minimum Gasteiger partial charge on any atom is -0.335 e. The number of hydrogen-bond acceptors (Lipinski definition) is 3. The summed E-state index contributed by atoms with van der Waals surface area (Å²) in [6.45, 7) is 1.16. The van der Waals surface area contributed by atoms with Crippen LogP contribution in [-0.4, -0.2) is 62.1 Å². The smallest absolute Gasteiger partial charge is 0.259 e. The SMILES string of the molecule is O=C(c1ccc(F)cc1Cl)N1CCN(C(=O)c2cnn(-c3ccccc3F)c2-n2cccc2)CC1. The van der Waals surface area contributed by atoms with Crippen molar-refractivity contribution in [2.24, 2.45) is 0 Å². The summed E-state index contributed by atoms with van der Waals surface area (Å²) in [6, 6.07) is 13.5. The Kier molecular flexibility index (Phi) is 6.08. The summed E-state index contributed by atoms with van der Waals surface area (Å²) in [4.78, 5) is 29.5. The molecule has 0 unspecified atom stereocenters. The van der Waals surface area contributed by atoms with E-state index >= 15 is 0 Å². The minimum atomic E-state index is -0.517. The molecule has 35 heavy (non-hydrogen) atoms. The van der Waals surface area contributed by atoms with E-state index in [0.717, 1.165) is 6.07 Å². The Hall–Kier alpha value is -3.98. The fraction of sp³-hybridized carbons (Fsp3) is 0.160. The van der Waals surface area contributed by atoms with Crippen molar-refractivity contribution in [3.63, 3.8) is 0 Å². The van der Waals surface area contributed by atoms with Gasteiger partial charge in [0.05, 0.1) is 16.8 Å². The van der Waals surface area contributed by atoms with E-state index in [0.29, 0.717) is 37.6 Å². The highest BCUT2D eigenvalue weighted by molar-refractivity contribution is 6.33. The van der Waals surface area contributed by atoms with Crippen molar-refractivity contribution in [2.75, 3.05) is 26.2 Å². The zero-order valence-electron chi connectivity index (χ0n) is 18.4. The molecular formula is C25H20ClF2N5O2. The molecule has 7 nitrogen and oxygen atoms in total. The van der Waals surface area contributed by atoms with E-state index in [1.54, 1.807) is 57.1 Å². The number of halogens is 3. The molecule has 0 radical (unpaired) electrons. The van der Waals surface area contributed by atoms with Gasteiger partial charge in [0.25, 0.3) is 11.8 Å². The Morgan fingerprint density at radius 1 is 0.829 bits per heavy atom. The van der Waals surface area contributed by atoms with Crippen molar-refractivity contribution < 1.29 is 18.4 Å². The third-order valence-electron chi connectivity index (χ3n) is 5.92. The van der Waals surface area contributed by atoms with Gasteiger partial charge in [0.1, 0.15) is 22.9 Å². The molecule has 0 spiro atoms. The molecule has 10 heteroatoms. The largest absolute Gasteiger partial charge is 0.335 e. The lowest BCUT2D eigenvalue weighted by molar-refractivity contribution is 0.0535. The van der Waals surface area contributed by atoms with Crippen molar-refractivity contribution >= 4 is 23.4 Å². The molecule has 2 amide bonds. The highest BCUT2D eigenvalue weighted by Crippen LogP contribution is 2.24. The van der Waals surface area contributed by atoms with Crippen LogP contribution in [0.1, 0.15) is 20.7 Å². The molecule has 4 aromatic rings. The summed E-state index contributed by atoms with van der Waals surface area (Å²) in [6.07, 6.45) is 4.95. The number of carbonyl (C=O) groups excluding carboxylic acids is 2. The van der Waals surface area contributed by atoms with Crippen molar-refractivity contribution in [2.45, 2.75) is 0 Å². The van der Waals surface area contributed by atoms with Gasteiger partial charge in [-0.1, -0.05) is 23.7 Å². The number of para-hydroxylation sites is 1. The maximum absolute atomic E-state index is 14.5. The molecule has 1 aliphatic rings. The van der Waals surface area contributed by atoms with Crippen LogP contribution in [0.25, 0.3) is 11.5 Å². The van der Waals surface area contributed by atoms with Crippen LogP contribution in [-0.2, 0) is 0 Å². The molecule has 1 fully saturated rings. The monoisotopic (exact) mass is 495 g/mol. The first-order valence-corrected chi connectivity index (χ1v) is 11.3. The van der Waals surface area contributed by atoms with Gasteiger partial charge in [-0.05, 0) is 42.5 Å². The van der Waals surface area contributed by atoms with Gasteiger partial charge in [0.15, 0.2) is 5.82 Å². The summed E-state index contributed by atoms with van der Waals surface area (Å²) in [5.41, 5.74) is 0.751. The quantitative estimate of drug-likeness (QED) is 0.426. The van der Waals surface area contributed by atoms with Crippen LogP contribution >= 0.6 is 11.6 Å². The Morgan fingerprint density at radius 2 is 1.46 bits per heavy atom. The van der Waals surface area contributed by atoms with E-state index in [4.69, 9.17) is 11.6 Å². The molecular weight excluding hydrogens is 476 g/mol. The third-order valence-corrected chi connectivity index (χ3v) is 6.23. The fourth-order valence-corrected chi connectivity index (χ4v) is 4.38. The van der Waals surface area contributed by atoms with E-state index in [-0.39, 0.29) is 28.1 Å².